The number of hydrogen-bond acceptors (Lipinski definition) is 2. The molecule has 0 saturated carbocycles. The smallest absolute Gasteiger partial charge is 0.166 e. The van der Waals surface area contributed by atoms with Gasteiger partial charge in [-0.2, -0.15) is 26.3 Å². The Hall–Kier alpha value is -3.94. The van der Waals surface area contributed by atoms with Crippen LogP contribution in [-0.2, 0) is 12.4 Å². The highest BCUT2D eigenvalue weighted by molar-refractivity contribution is 6.09. The molecule has 0 saturated heterocycles. The van der Waals surface area contributed by atoms with Gasteiger partial charge >= 0.3 is 12.4 Å². The van der Waals surface area contributed by atoms with Gasteiger partial charge in [-0.25, -0.2) is 0 Å². The number of halogens is 6. The molecule has 0 unspecified atom stereocenters. The number of benzene rings is 4. The first-order chi connectivity index (χ1) is 16.6. The zero-order valence-electron chi connectivity index (χ0n) is 18.2. The van der Waals surface area contributed by atoms with Gasteiger partial charge in [-0.1, -0.05) is 60.7 Å². The molecule has 1 aromatic heterocycles. The van der Waals surface area contributed by atoms with Gasteiger partial charge in [-0.05, 0) is 41.5 Å². The van der Waals surface area contributed by atoms with Crippen LogP contribution in [0.25, 0.3) is 44.1 Å². The van der Waals surface area contributed by atoms with Crippen LogP contribution >= 0.6 is 0 Å². The maximum Gasteiger partial charge on any atom is 0.417 e. The van der Waals surface area contributed by atoms with Crippen LogP contribution < -0.4 is 0 Å². The second kappa shape index (κ2) is 8.08. The van der Waals surface area contributed by atoms with Gasteiger partial charge < -0.3 is 0 Å². The predicted molar refractivity (Wildman–Crippen MR) is 123 cm³/mol. The standard InChI is InChI=1S/C27H16F6N2/c1-15-11-12-21(26(28,29)30)23(27(31,32)33)22(15)25-20-14-18-10-6-5-9-17(18)13-19(20)24(34-35-25)16-7-3-2-4-8-16/h2-14H,1H3. The van der Waals surface area contributed by atoms with Crippen LogP contribution in [0.1, 0.15) is 16.7 Å². The Morgan fingerprint density at radius 1 is 0.600 bits per heavy atom. The predicted octanol–water partition coefficient (Wildman–Crippen LogP) is 8.46. The van der Waals surface area contributed by atoms with Gasteiger partial charge in [-0.15, -0.1) is 10.2 Å². The zero-order valence-corrected chi connectivity index (χ0v) is 18.2. The van der Waals surface area contributed by atoms with Crippen molar-refractivity contribution in [1.29, 1.82) is 0 Å². The van der Waals surface area contributed by atoms with Crippen molar-refractivity contribution < 1.29 is 26.3 Å². The van der Waals surface area contributed by atoms with E-state index in [1.54, 1.807) is 48.5 Å². The first-order valence-corrected chi connectivity index (χ1v) is 10.6. The largest absolute Gasteiger partial charge is 0.417 e. The van der Waals surface area contributed by atoms with Crippen LogP contribution in [0.3, 0.4) is 0 Å². The SMILES string of the molecule is Cc1ccc(C(F)(F)F)c(C(F)(F)F)c1-c1nnc(-c2ccccc2)c2cc3ccccc3cc12. The Bertz CT molecular complexity index is 1570. The van der Waals surface area contributed by atoms with Gasteiger partial charge in [0.25, 0.3) is 0 Å². The third-order valence-corrected chi connectivity index (χ3v) is 5.93. The Morgan fingerprint density at radius 2 is 1.14 bits per heavy atom. The van der Waals surface area contributed by atoms with Gasteiger partial charge in [0.2, 0.25) is 0 Å². The lowest BCUT2D eigenvalue weighted by Crippen LogP contribution is -2.19. The number of aryl methyl sites for hydroxylation is 1. The minimum atomic E-state index is -5.27. The number of rotatable bonds is 2. The first-order valence-electron chi connectivity index (χ1n) is 10.6. The topological polar surface area (TPSA) is 25.8 Å². The average Bonchev–Trinajstić information content (AvgIpc) is 2.81. The van der Waals surface area contributed by atoms with Gasteiger partial charge in [-0.3, -0.25) is 0 Å². The van der Waals surface area contributed by atoms with Crippen molar-refractivity contribution in [3.8, 4) is 22.5 Å². The number of alkyl halides is 6. The van der Waals surface area contributed by atoms with Gasteiger partial charge in [0.05, 0.1) is 11.1 Å². The van der Waals surface area contributed by atoms with Gasteiger partial charge in [0, 0.05) is 21.9 Å². The highest BCUT2D eigenvalue weighted by atomic mass is 19.4. The lowest BCUT2D eigenvalue weighted by Gasteiger charge is -2.21. The van der Waals surface area contributed by atoms with E-state index in [9.17, 15) is 26.3 Å². The summed E-state index contributed by atoms with van der Waals surface area (Å²) in [5.41, 5.74) is -3.27. The molecule has 0 aliphatic heterocycles. The Kier molecular flexibility index (Phi) is 5.27. The van der Waals surface area contributed by atoms with E-state index < -0.39 is 29.0 Å². The minimum absolute atomic E-state index is 0.0153. The lowest BCUT2D eigenvalue weighted by molar-refractivity contribution is -0.161. The molecule has 2 nitrogen and oxygen atoms in total. The fourth-order valence-corrected chi connectivity index (χ4v) is 4.38. The third kappa shape index (κ3) is 3.99. The van der Waals surface area contributed by atoms with Crippen molar-refractivity contribution in [2.45, 2.75) is 19.3 Å². The number of aromatic nitrogens is 2. The highest BCUT2D eigenvalue weighted by Crippen LogP contribution is 2.47. The van der Waals surface area contributed by atoms with Gasteiger partial charge in [0.1, 0.15) is 11.4 Å². The molecule has 4 aromatic carbocycles. The van der Waals surface area contributed by atoms with E-state index >= 15 is 0 Å². The molecule has 0 aliphatic rings. The second-order valence-electron chi connectivity index (χ2n) is 8.18. The van der Waals surface area contributed by atoms with Gasteiger partial charge in [0.15, 0.2) is 0 Å². The molecule has 0 spiro atoms. The molecule has 0 bridgehead atoms. The second-order valence-corrected chi connectivity index (χ2v) is 8.18. The first kappa shape index (κ1) is 22.8. The van der Waals surface area contributed by atoms with E-state index in [-0.39, 0.29) is 16.6 Å². The molecule has 0 aliphatic carbocycles. The molecule has 1 heterocycles. The van der Waals surface area contributed by atoms with E-state index in [1.807, 2.05) is 18.2 Å². The van der Waals surface area contributed by atoms with Crippen LogP contribution in [0.2, 0.25) is 0 Å². The Morgan fingerprint density at radius 3 is 1.71 bits per heavy atom. The van der Waals surface area contributed by atoms with Crippen molar-refractivity contribution in [3.63, 3.8) is 0 Å². The van der Waals surface area contributed by atoms with Crippen molar-refractivity contribution in [1.82, 2.24) is 10.2 Å². The van der Waals surface area contributed by atoms with Crippen molar-refractivity contribution in [2.75, 3.05) is 0 Å². The monoisotopic (exact) mass is 482 g/mol. The molecule has 0 N–H and O–H groups in total. The van der Waals surface area contributed by atoms with Crippen molar-refractivity contribution in [3.05, 3.63) is 95.6 Å². The fraction of sp³-hybridized carbons (Fsp3) is 0.111. The minimum Gasteiger partial charge on any atom is -0.166 e. The summed E-state index contributed by atoms with van der Waals surface area (Å²) in [7, 11) is 0. The summed E-state index contributed by atoms with van der Waals surface area (Å²) in [6.45, 7) is 1.34. The molecular formula is C27H16F6N2. The van der Waals surface area contributed by atoms with Crippen LogP contribution in [0, 0.1) is 6.92 Å². The summed E-state index contributed by atoms with van der Waals surface area (Å²) >= 11 is 0. The molecule has 0 atom stereocenters. The fourth-order valence-electron chi connectivity index (χ4n) is 4.38. The van der Waals surface area contributed by atoms with E-state index in [0.29, 0.717) is 28.1 Å². The molecule has 35 heavy (non-hydrogen) atoms. The Balaban J connectivity index is 1.95. The number of hydrogen-bond donors (Lipinski definition) is 0. The molecule has 176 valence electrons. The van der Waals surface area contributed by atoms with E-state index in [2.05, 4.69) is 10.2 Å². The van der Waals surface area contributed by atoms with Crippen LogP contribution in [0.5, 0.6) is 0 Å². The van der Waals surface area contributed by atoms with Crippen LogP contribution in [0.4, 0.5) is 26.3 Å². The van der Waals surface area contributed by atoms with Crippen LogP contribution in [0.15, 0.2) is 78.9 Å². The normalized spacial score (nSPS) is 12.4. The highest BCUT2D eigenvalue weighted by Gasteiger charge is 2.46. The average molecular weight is 482 g/mol. The molecule has 5 rings (SSSR count). The number of nitrogens with zero attached hydrogens (tertiary/aromatic N) is 2. The maximum atomic E-state index is 14.2. The lowest BCUT2D eigenvalue weighted by atomic mass is 9.90. The molecule has 0 amide bonds. The van der Waals surface area contributed by atoms with E-state index in [0.717, 1.165) is 11.5 Å². The van der Waals surface area contributed by atoms with E-state index in [1.165, 1.54) is 6.92 Å². The molecule has 8 heteroatoms. The summed E-state index contributed by atoms with van der Waals surface area (Å²) in [5.74, 6) is 0. The third-order valence-electron chi connectivity index (χ3n) is 5.93. The summed E-state index contributed by atoms with van der Waals surface area (Å²) in [5, 5.41) is 10.6. The Labute approximate surface area is 195 Å². The summed E-state index contributed by atoms with van der Waals surface area (Å²) in [4.78, 5) is 0. The van der Waals surface area contributed by atoms with E-state index in [4.69, 9.17) is 0 Å². The van der Waals surface area contributed by atoms with Crippen LogP contribution in [-0.4, -0.2) is 10.2 Å². The summed E-state index contributed by atoms with van der Waals surface area (Å²) in [6.07, 6.45) is -10.5. The number of fused-ring (bicyclic) bond motifs is 2. The molecule has 5 aromatic rings. The zero-order chi connectivity index (χ0) is 25.0. The summed E-state index contributed by atoms with van der Waals surface area (Å²) in [6, 6.07) is 21.1. The van der Waals surface area contributed by atoms with Crippen molar-refractivity contribution >= 4 is 21.5 Å². The van der Waals surface area contributed by atoms with Crippen molar-refractivity contribution in [2.24, 2.45) is 0 Å². The summed E-state index contributed by atoms with van der Waals surface area (Å²) < 4.78 is 83.5. The molecular weight excluding hydrogens is 466 g/mol. The maximum absolute atomic E-state index is 14.2. The molecule has 0 radical (unpaired) electrons. The molecule has 0 fully saturated rings. The quantitative estimate of drug-likeness (QED) is 0.186.